The van der Waals surface area contributed by atoms with Gasteiger partial charge in [0.05, 0.1) is 25.0 Å². The predicted molar refractivity (Wildman–Crippen MR) is 167 cm³/mol. The van der Waals surface area contributed by atoms with E-state index in [1.807, 2.05) is 13.0 Å². The zero-order valence-corrected chi connectivity index (χ0v) is 25.4. The molecule has 244 valence electrons. The first-order valence-electron chi connectivity index (χ1n) is 14.6. The van der Waals surface area contributed by atoms with Crippen LogP contribution in [0.5, 0.6) is 5.75 Å². The summed E-state index contributed by atoms with van der Waals surface area (Å²) in [6.07, 6.45) is 5.01. The third kappa shape index (κ3) is 8.11. The molecule has 0 aliphatic carbocycles. The Morgan fingerprint density at radius 1 is 1.04 bits per heavy atom. The molecule has 2 amide bonds. The second-order valence-electron chi connectivity index (χ2n) is 10.2. The minimum Gasteiger partial charge on any atom is -0.494 e. The van der Waals surface area contributed by atoms with Crippen LogP contribution in [0.2, 0.25) is 0 Å². The van der Waals surface area contributed by atoms with Crippen LogP contribution in [0.25, 0.3) is 16.9 Å². The Morgan fingerprint density at radius 3 is 2.52 bits per heavy atom. The van der Waals surface area contributed by atoms with Crippen LogP contribution in [0.15, 0.2) is 48.9 Å². The van der Waals surface area contributed by atoms with E-state index in [9.17, 15) is 23.2 Å². The summed E-state index contributed by atoms with van der Waals surface area (Å²) in [5.74, 6) is -3.62. The van der Waals surface area contributed by atoms with Crippen molar-refractivity contribution in [2.45, 2.75) is 32.2 Å². The standard InChI is InChI=1S/C31H36F2N8O5/c1-3-18-16-19(4-5-20(18)30(44)37-12-10-35-11-13-38-31(45)22(34)7-9-25(42)43)40-28-29-39-17-23(41(29)15-14-36-28)21-6-8-24(46-2)27(33)26(21)32/h4-6,8,14-17,22,35H,3,7,9-13,34H2,1-2H3,(H,36,40)(H,37,44)(H,38,45)(H,42,43). The van der Waals surface area contributed by atoms with Crippen LogP contribution in [0.1, 0.15) is 35.7 Å². The van der Waals surface area contributed by atoms with Gasteiger partial charge in [-0.15, -0.1) is 0 Å². The van der Waals surface area contributed by atoms with Crippen LogP contribution < -0.4 is 31.7 Å². The molecule has 1 unspecified atom stereocenters. The topological polar surface area (TPSA) is 185 Å². The number of carbonyl (C=O) groups is 3. The van der Waals surface area contributed by atoms with E-state index in [0.29, 0.717) is 61.0 Å². The molecule has 4 rings (SSSR count). The summed E-state index contributed by atoms with van der Waals surface area (Å²) < 4.78 is 35.7. The number of carbonyl (C=O) groups excluding carboxylic acids is 2. The van der Waals surface area contributed by atoms with Gasteiger partial charge in [0.25, 0.3) is 5.91 Å². The third-order valence-electron chi connectivity index (χ3n) is 7.16. The number of methoxy groups -OCH3 is 1. The van der Waals surface area contributed by atoms with E-state index < -0.39 is 29.6 Å². The molecule has 2 aromatic carbocycles. The van der Waals surface area contributed by atoms with Crippen molar-refractivity contribution in [3.05, 3.63) is 71.7 Å². The Labute approximate surface area is 263 Å². The maximum atomic E-state index is 14.8. The molecule has 46 heavy (non-hydrogen) atoms. The van der Waals surface area contributed by atoms with Gasteiger partial charge in [-0.25, -0.2) is 14.4 Å². The van der Waals surface area contributed by atoms with Crippen molar-refractivity contribution in [2.75, 3.05) is 38.6 Å². The van der Waals surface area contributed by atoms with E-state index >= 15 is 0 Å². The lowest BCUT2D eigenvalue weighted by Gasteiger charge is -2.13. The number of carboxylic acids is 1. The zero-order chi connectivity index (χ0) is 33.2. The molecule has 1 atom stereocenters. The van der Waals surface area contributed by atoms with Gasteiger partial charge in [-0.05, 0) is 48.7 Å². The van der Waals surface area contributed by atoms with Gasteiger partial charge >= 0.3 is 5.97 Å². The average molecular weight is 639 g/mol. The first kappa shape index (κ1) is 33.7. The maximum Gasteiger partial charge on any atom is 0.303 e. The molecule has 2 aromatic heterocycles. The van der Waals surface area contributed by atoms with E-state index in [2.05, 4.69) is 31.2 Å². The highest BCUT2D eigenvalue weighted by molar-refractivity contribution is 5.96. The minimum atomic E-state index is -1.09. The van der Waals surface area contributed by atoms with Crippen molar-refractivity contribution in [1.82, 2.24) is 30.3 Å². The third-order valence-corrected chi connectivity index (χ3v) is 7.16. The molecular weight excluding hydrogens is 602 g/mol. The van der Waals surface area contributed by atoms with E-state index in [1.165, 1.54) is 31.6 Å². The number of fused-ring (bicyclic) bond motifs is 1. The number of aromatic nitrogens is 3. The van der Waals surface area contributed by atoms with Gasteiger partial charge in [0.1, 0.15) is 0 Å². The molecule has 0 saturated carbocycles. The molecule has 0 fully saturated rings. The Morgan fingerprint density at radius 2 is 1.80 bits per heavy atom. The second kappa shape index (κ2) is 15.7. The summed E-state index contributed by atoms with van der Waals surface area (Å²) in [4.78, 5) is 44.1. The monoisotopic (exact) mass is 638 g/mol. The van der Waals surface area contributed by atoms with Crippen molar-refractivity contribution in [3.63, 3.8) is 0 Å². The number of aliphatic carboxylic acids is 1. The molecule has 15 heteroatoms. The van der Waals surface area contributed by atoms with Crippen LogP contribution in [0.4, 0.5) is 20.3 Å². The fourth-order valence-corrected chi connectivity index (χ4v) is 4.72. The number of hydrogen-bond donors (Lipinski definition) is 6. The van der Waals surface area contributed by atoms with Gasteiger partial charge in [0.2, 0.25) is 11.7 Å². The molecule has 0 aliphatic heterocycles. The smallest absolute Gasteiger partial charge is 0.303 e. The summed E-state index contributed by atoms with van der Waals surface area (Å²) in [7, 11) is 1.26. The molecule has 7 N–H and O–H groups in total. The molecule has 0 spiro atoms. The number of amides is 2. The number of aryl methyl sites for hydroxylation is 1. The number of nitrogens with one attached hydrogen (secondary N) is 4. The largest absolute Gasteiger partial charge is 0.494 e. The summed E-state index contributed by atoms with van der Waals surface area (Å²) in [5, 5.41) is 20.5. The first-order chi connectivity index (χ1) is 22.1. The summed E-state index contributed by atoms with van der Waals surface area (Å²) in [5.41, 5.74) is 8.38. The fraction of sp³-hybridized carbons (Fsp3) is 0.323. The highest BCUT2D eigenvalue weighted by Gasteiger charge is 2.20. The summed E-state index contributed by atoms with van der Waals surface area (Å²) in [6, 6.07) is 7.18. The number of nitrogens with zero attached hydrogens (tertiary/aromatic N) is 3. The van der Waals surface area contributed by atoms with E-state index in [1.54, 1.807) is 22.7 Å². The Balaban J connectivity index is 1.32. The highest BCUT2D eigenvalue weighted by atomic mass is 19.2. The van der Waals surface area contributed by atoms with Crippen LogP contribution in [-0.4, -0.2) is 76.6 Å². The van der Waals surface area contributed by atoms with Crippen LogP contribution in [0, 0.1) is 11.6 Å². The average Bonchev–Trinajstić information content (AvgIpc) is 3.49. The SMILES string of the molecule is CCc1cc(Nc2nccn3c(-c4ccc(OC)c(F)c4F)cnc23)ccc1C(=O)NCCNCCNC(=O)C(N)CCC(=O)O. The van der Waals surface area contributed by atoms with Crippen molar-refractivity contribution in [2.24, 2.45) is 5.73 Å². The van der Waals surface area contributed by atoms with E-state index in [4.69, 9.17) is 15.6 Å². The molecule has 0 aliphatic rings. The van der Waals surface area contributed by atoms with Crippen molar-refractivity contribution >= 4 is 34.9 Å². The number of ether oxygens (including phenoxy) is 1. The van der Waals surface area contributed by atoms with E-state index in [-0.39, 0.29) is 30.1 Å². The van der Waals surface area contributed by atoms with Gasteiger partial charge in [-0.1, -0.05) is 6.92 Å². The van der Waals surface area contributed by atoms with Gasteiger partial charge in [-0.3, -0.25) is 18.8 Å². The number of anilines is 2. The molecule has 13 nitrogen and oxygen atoms in total. The summed E-state index contributed by atoms with van der Waals surface area (Å²) >= 11 is 0. The number of rotatable bonds is 16. The van der Waals surface area contributed by atoms with Crippen molar-refractivity contribution < 1.29 is 33.0 Å². The molecule has 4 aromatic rings. The zero-order valence-electron chi connectivity index (χ0n) is 25.4. The highest BCUT2D eigenvalue weighted by Crippen LogP contribution is 2.31. The predicted octanol–water partition coefficient (Wildman–Crippen LogP) is 2.62. The molecule has 0 bridgehead atoms. The number of hydrogen-bond acceptors (Lipinski definition) is 9. The maximum absolute atomic E-state index is 14.8. The quantitative estimate of drug-likeness (QED) is 0.0997. The lowest BCUT2D eigenvalue weighted by atomic mass is 10.0. The Kier molecular flexibility index (Phi) is 11.5. The number of nitrogens with two attached hydrogens (primary N) is 1. The molecule has 0 radical (unpaired) electrons. The van der Waals surface area contributed by atoms with Crippen LogP contribution >= 0.6 is 0 Å². The van der Waals surface area contributed by atoms with Crippen LogP contribution in [-0.2, 0) is 16.0 Å². The number of imidazole rings is 1. The van der Waals surface area contributed by atoms with Crippen LogP contribution in [0.3, 0.4) is 0 Å². The van der Waals surface area contributed by atoms with Crippen molar-refractivity contribution in [3.8, 4) is 17.0 Å². The lowest BCUT2D eigenvalue weighted by molar-refractivity contribution is -0.137. The number of halogens is 2. The number of benzene rings is 2. The second-order valence-corrected chi connectivity index (χ2v) is 10.2. The normalized spacial score (nSPS) is 11.7. The summed E-state index contributed by atoms with van der Waals surface area (Å²) in [6.45, 7) is 3.49. The molecular formula is C31H36F2N8O5. The van der Waals surface area contributed by atoms with Gasteiger partial charge < -0.3 is 36.8 Å². The number of carboxylic acid groups (broad SMARTS) is 1. The first-order valence-corrected chi connectivity index (χ1v) is 14.6. The minimum absolute atomic E-state index is 0.0169. The lowest BCUT2D eigenvalue weighted by Crippen LogP contribution is -2.43. The van der Waals surface area contributed by atoms with Gasteiger partial charge in [0, 0.05) is 61.8 Å². The Bertz CT molecular complexity index is 1710. The van der Waals surface area contributed by atoms with E-state index in [0.717, 1.165) is 5.56 Å². The fourth-order valence-electron chi connectivity index (χ4n) is 4.72. The van der Waals surface area contributed by atoms with Gasteiger partial charge in [0.15, 0.2) is 23.0 Å². The van der Waals surface area contributed by atoms with Gasteiger partial charge in [-0.2, -0.15) is 4.39 Å². The molecule has 0 saturated heterocycles. The Hall–Kier alpha value is -5.15. The van der Waals surface area contributed by atoms with Crippen molar-refractivity contribution in [1.29, 1.82) is 0 Å². The molecule has 2 heterocycles.